The number of carboxylic acid groups (broad SMARTS) is 1. The minimum atomic E-state index is -1.34. The van der Waals surface area contributed by atoms with Crippen LogP contribution in [0.5, 0.6) is 0 Å². The predicted octanol–water partition coefficient (Wildman–Crippen LogP) is -2.69. The van der Waals surface area contributed by atoms with Gasteiger partial charge in [0.25, 0.3) is 0 Å². The third-order valence-electron chi connectivity index (χ3n) is 3.91. The van der Waals surface area contributed by atoms with Gasteiger partial charge >= 0.3 is 5.97 Å². The molecule has 0 heterocycles. The van der Waals surface area contributed by atoms with Crippen molar-refractivity contribution in [1.29, 1.82) is 0 Å². The van der Waals surface area contributed by atoms with E-state index in [4.69, 9.17) is 11.5 Å². The number of nitrogens with one attached hydrogen (secondary N) is 3. The number of unbranched alkanes of at least 4 members (excludes halogenated alkanes) is 1. The Balaban J connectivity index is 4.86. The number of carbonyl (C=O) groups excluding carboxylic acids is 3. The van der Waals surface area contributed by atoms with Crippen molar-refractivity contribution in [2.75, 3.05) is 12.3 Å². The van der Waals surface area contributed by atoms with Gasteiger partial charge in [0.2, 0.25) is 17.7 Å². The van der Waals surface area contributed by atoms with E-state index in [9.17, 15) is 29.4 Å². The number of hydrogen-bond donors (Lipinski definition) is 8. The van der Waals surface area contributed by atoms with Crippen molar-refractivity contribution in [3.05, 3.63) is 0 Å². The summed E-state index contributed by atoms with van der Waals surface area (Å²) in [5, 5.41) is 25.9. The van der Waals surface area contributed by atoms with Gasteiger partial charge in [-0.05, 0) is 39.7 Å². The van der Waals surface area contributed by atoms with Crippen molar-refractivity contribution in [2.24, 2.45) is 11.5 Å². The number of nitrogens with two attached hydrogens (primary N) is 2. The molecule has 12 heteroatoms. The van der Waals surface area contributed by atoms with Crippen molar-refractivity contribution >= 4 is 36.3 Å². The van der Waals surface area contributed by atoms with E-state index in [1.165, 1.54) is 13.8 Å². The molecule has 5 unspecified atom stereocenters. The third-order valence-corrected chi connectivity index (χ3v) is 4.30. The second kappa shape index (κ2) is 13.3. The lowest BCUT2D eigenvalue weighted by Gasteiger charge is -2.24. The lowest BCUT2D eigenvalue weighted by atomic mass is 10.1. The fourth-order valence-corrected chi connectivity index (χ4v) is 2.33. The van der Waals surface area contributed by atoms with Crippen LogP contribution in [0.15, 0.2) is 0 Å². The number of aliphatic hydroxyl groups excluding tert-OH is 1. The van der Waals surface area contributed by atoms with E-state index >= 15 is 0 Å². The fraction of sp³-hybridized carbons (Fsp3) is 0.750. The number of hydrogen-bond acceptors (Lipinski definition) is 8. The molecule has 0 aromatic heterocycles. The normalized spacial score (nSPS) is 16.2. The summed E-state index contributed by atoms with van der Waals surface area (Å²) in [5.74, 6) is -3.36. The van der Waals surface area contributed by atoms with Gasteiger partial charge in [0.05, 0.1) is 12.1 Å². The first-order valence-corrected chi connectivity index (χ1v) is 9.56. The highest BCUT2D eigenvalue weighted by Gasteiger charge is 2.30. The topological polar surface area (TPSA) is 197 Å². The van der Waals surface area contributed by atoms with Gasteiger partial charge in [-0.1, -0.05) is 0 Å². The highest BCUT2D eigenvalue weighted by atomic mass is 32.1. The molecule has 0 fully saturated rings. The Labute approximate surface area is 169 Å². The summed E-state index contributed by atoms with van der Waals surface area (Å²) in [5.41, 5.74) is 10.9. The van der Waals surface area contributed by atoms with E-state index in [2.05, 4.69) is 28.6 Å². The van der Waals surface area contributed by atoms with E-state index in [1.54, 1.807) is 0 Å². The predicted molar refractivity (Wildman–Crippen MR) is 106 cm³/mol. The number of thiol groups is 1. The SMILES string of the molecule is CC(NC(=O)C(NC(=O)C(N)CS)C(C)O)C(=O)NC(CCCCN)C(=O)O. The van der Waals surface area contributed by atoms with Crippen LogP contribution in [0, 0.1) is 0 Å². The van der Waals surface area contributed by atoms with Gasteiger partial charge < -0.3 is 37.6 Å². The number of aliphatic carboxylic acids is 1. The van der Waals surface area contributed by atoms with Crippen molar-refractivity contribution in [3.8, 4) is 0 Å². The molecule has 0 spiro atoms. The monoisotopic (exact) mass is 421 g/mol. The van der Waals surface area contributed by atoms with Crippen molar-refractivity contribution in [1.82, 2.24) is 16.0 Å². The zero-order valence-electron chi connectivity index (χ0n) is 16.1. The van der Waals surface area contributed by atoms with Crippen LogP contribution in [-0.4, -0.2) is 76.5 Å². The molecule has 5 atom stereocenters. The van der Waals surface area contributed by atoms with Gasteiger partial charge in [-0.25, -0.2) is 4.79 Å². The molecular formula is C16H31N5O6S. The maximum atomic E-state index is 12.3. The standard InChI is InChI=1S/C16H31N5O6S/c1-8(13(23)20-11(16(26)27)5-3-4-6-17)19-15(25)12(9(2)22)21-14(24)10(18)7-28/h8-12,22,28H,3-7,17-18H2,1-2H3,(H,19,25)(H,20,23)(H,21,24)(H,26,27). The molecule has 0 radical (unpaired) electrons. The molecule has 0 saturated heterocycles. The maximum absolute atomic E-state index is 12.3. The summed E-state index contributed by atoms with van der Waals surface area (Å²) in [6.07, 6.45) is 0.0911. The molecular weight excluding hydrogens is 390 g/mol. The van der Waals surface area contributed by atoms with E-state index in [0.29, 0.717) is 19.4 Å². The van der Waals surface area contributed by atoms with Gasteiger partial charge in [0.1, 0.15) is 18.1 Å². The van der Waals surface area contributed by atoms with Gasteiger partial charge in [0.15, 0.2) is 0 Å². The summed E-state index contributed by atoms with van der Waals surface area (Å²) in [7, 11) is 0. The number of aliphatic hydroxyl groups is 1. The zero-order chi connectivity index (χ0) is 21.9. The summed E-state index contributed by atoms with van der Waals surface area (Å²) in [6, 6.07) is -4.52. The molecule has 28 heavy (non-hydrogen) atoms. The summed E-state index contributed by atoms with van der Waals surface area (Å²) >= 11 is 3.89. The smallest absolute Gasteiger partial charge is 0.326 e. The third kappa shape index (κ3) is 9.35. The largest absolute Gasteiger partial charge is 0.480 e. The van der Waals surface area contributed by atoms with Crippen molar-refractivity contribution < 1.29 is 29.4 Å². The second-order valence-corrected chi connectivity index (χ2v) is 6.80. The number of carboxylic acids is 1. The van der Waals surface area contributed by atoms with Crippen LogP contribution < -0.4 is 27.4 Å². The Morgan fingerprint density at radius 2 is 1.61 bits per heavy atom. The van der Waals surface area contributed by atoms with Crippen LogP contribution >= 0.6 is 12.6 Å². The van der Waals surface area contributed by atoms with Crippen LogP contribution in [0.1, 0.15) is 33.1 Å². The molecule has 9 N–H and O–H groups in total. The molecule has 0 bridgehead atoms. The molecule has 3 amide bonds. The Morgan fingerprint density at radius 3 is 2.07 bits per heavy atom. The lowest BCUT2D eigenvalue weighted by molar-refractivity contribution is -0.142. The van der Waals surface area contributed by atoms with Crippen LogP contribution in [0.2, 0.25) is 0 Å². The highest BCUT2D eigenvalue weighted by molar-refractivity contribution is 7.80. The zero-order valence-corrected chi connectivity index (χ0v) is 16.9. The molecule has 0 aromatic rings. The number of rotatable bonds is 13. The Kier molecular flexibility index (Phi) is 12.4. The van der Waals surface area contributed by atoms with Gasteiger partial charge in [-0.15, -0.1) is 0 Å². The van der Waals surface area contributed by atoms with Crippen LogP contribution in [0.4, 0.5) is 0 Å². The Bertz CT molecular complexity index is 548. The number of carbonyl (C=O) groups is 4. The maximum Gasteiger partial charge on any atom is 0.326 e. The van der Waals surface area contributed by atoms with E-state index in [1.807, 2.05) is 0 Å². The average Bonchev–Trinajstić information content (AvgIpc) is 2.63. The highest BCUT2D eigenvalue weighted by Crippen LogP contribution is 2.02. The average molecular weight is 422 g/mol. The number of amides is 3. The molecule has 0 aliphatic rings. The first-order valence-electron chi connectivity index (χ1n) is 8.93. The summed E-state index contributed by atoms with van der Waals surface area (Å²) < 4.78 is 0. The van der Waals surface area contributed by atoms with E-state index < -0.39 is 54.0 Å². The molecule has 0 aromatic carbocycles. The Hall–Kier alpha value is -1.89. The molecule has 0 rings (SSSR count). The summed E-state index contributed by atoms with van der Waals surface area (Å²) in [4.78, 5) is 47.6. The second-order valence-electron chi connectivity index (χ2n) is 6.43. The van der Waals surface area contributed by atoms with Crippen LogP contribution in [-0.2, 0) is 19.2 Å². The quantitative estimate of drug-likeness (QED) is 0.116. The fourth-order valence-electron chi connectivity index (χ4n) is 2.16. The Morgan fingerprint density at radius 1 is 1.00 bits per heavy atom. The first kappa shape index (κ1) is 26.1. The summed E-state index contributed by atoms with van der Waals surface area (Å²) in [6.45, 7) is 3.06. The first-order chi connectivity index (χ1) is 13.0. The molecule has 0 aliphatic carbocycles. The molecule has 162 valence electrons. The minimum absolute atomic E-state index is 0.0412. The van der Waals surface area contributed by atoms with Gasteiger partial charge in [-0.2, -0.15) is 12.6 Å². The molecule has 11 nitrogen and oxygen atoms in total. The van der Waals surface area contributed by atoms with Crippen molar-refractivity contribution in [2.45, 2.75) is 63.4 Å². The molecule has 0 aliphatic heterocycles. The minimum Gasteiger partial charge on any atom is -0.480 e. The van der Waals surface area contributed by atoms with Gasteiger partial charge in [-0.3, -0.25) is 14.4 Å². The van der Waals surface area contributed by atoms with E-state index in [-0.39, 0.29) is 12.2 Å². The molecule has 0 saturated carbocycles. The van der Waals surface area contributed by atoms with Crippen LogP contribution in [0.3, 0.4) is 0 Å². The van der Waals surface area contributed by atoms with Gasteiger partial charge in [0, 0.05) is 5.75 Å². The van der Waals surface area contributed by atoms with E-state index in [0.717, 1.165) is 0 Å². The van der Waals surface area contributed by atoms with Crippen molar-refractivity contribution in [3.63, 3.8) is 0 Å². The van der Waals surface area contributed by atoms with Crippen LogP contribution in [0.25, 0.3) is 0 Å². The lowest BCUT2D eigenvalue weighted by Crippen LogP contribution is -2.59.